The summed E-state index contributed by atoms with van der Waals surface area (Å²) >= 11 is 0. The topological polar surface area (TPSA) is 356 Å². The Bertz CT molecular complexity index is 1680. The minimum Gasteiger partial charge on any atom is -0.394 e. The third kappa shape index (κ3) is 30.1. The molecule has 0 bridgehead atoms. The highest BCUT2D eigenvalue weighted by Gasteiger charge is 2.52. The first-order chi connectivity index (χ1) is 41.5. The minimum atomic E-state index is -2.01. The Balaban J connectivity index is 1.67. The third-order valence-electron chi connectivity index (χ3n) is 17.5. The number of amides is 2. The lowest BCUT2D eigenvalue weighted by molar-refractivity contribution is -0.371. The van der Waals surface area contributed by atoms with Gasteiger partial charge < -0.3 is 100 Å². The zero-order chi connectivity index (χ0) is 63.1. The van der Waals surface area contributed by atoms with Crippen molar-refractivity contribution >= 4 is 11.8 Å². The molecule has 0 aromatic carbocycles. The van der Waals surface area contributed by atoms with E-state index in [9.17, 15) is 70.9 Å². The lowest BCUT2D eigenvalue weighted by Gasteiger charge is -2.47. The predicted octanol–water partition coefficient (Wildman–Crippen LogP) is 5.25. The van der Waals surface area contributed by atoms with E-state index >= 15 is 0 Å². The number of ether oxygens (including phenoxy) is 6. The average Bonchev–Trinajstić information content (AvgIpc) is 3.70. The minimum absolute atomic E-state index is 0.130. The highest BCUT2D eigenvalue weighted by molar-refractivity contribution is 5.80. The third-order valence-corrected chi connectivity index (χ3v) is 17.5. The van der Waals surface area contributed by atoms with Gasteiger partial charge in [0.15, 0.2) is 18.9 Å². The van der Waals surface area contributed by atoms with Gasteiger partial charge in [-0.05, 0) is 12.8 Å². The molecule has 3 heterocycles. The van der Waals surface area contributed by atoms with E-state index in [1.165, 1.54) is 154 Å². The lowest BCUT2D eigenvalue weighted by Crippen LogP contribution is -2.66. The SMILES string of the molecule is CCCCCCCCCCCCCCCCCCCCCC(O)C(=O)NC(COC1OC(COC2OC(CO)C(O)C(O)C2NC(C)=O)C(O)C(O)C1OC1OC(CO)C(O)C(O)C1O)C(O)C(O)CCCCCCCCCCCCCCCCC. The van der Waals surface area contributed by atoms with Crippen molar-refractivity contribution < 1.29 is 99.3 Å². The van der Waals surface area contributed by atoms with Gasteiger partial charge >= 0.3 is 0 Å². The molecule has 0 spiro atoms. The van der Waals surface area contributed by atoms with E-state index in [0.717, 1.165) is 58.3 Å². The van der Waals surface area contributed by atoms with E-state index < -0.39 is 155 Å². The van der Waals surface area contributed by atoms with Crippen molar-refractivity contribution in [2.45, 2.75) is 368 Å². The van der Waals surface area contributed by atoms with Gasteiger partial charge in [0.2, 0.25) is 11.8 Å². The molecule has 3 rings (SSSR count). The number of carbonyl (C=O) groups is 2. The molecule has 0 saturated carbocycles. The molecule has 19 unspecified atom stereocenters. The largest absolute Gasteiger partial charge is 0.394 e. The number of carbonyl (C=O) groups excluding carboxylic acids is 2. The van der Waals surface area contributed by atoms with Gasteiger partial charge in [0.25, 0.3) is 0 Å². The summed E-state index contributed by atoms with van der Waals surface area (Å²) in [5.41, 5.74) is 0. The van der Waals surface area contributed by atoms with Crippen molar-refractivity contribution in [2.24, 2.45) is 0 Å². The number of nitrogens with one attached hydrogen (secondary N) is 2. The van der Waals surface area contributed by atoms with Crippen LogP contribution in [0.4, 0.5) is 0 Å². The summed E-state index contributed by atoms with van der Waals surface area (Å²) in [6.45, 7) is 2.68. The van der Waals surface area contributed by atoms with Crippen molar-refractivity contribution in [3.8, 4) is 0 Å². The highest BCUT2D eigenvalue weighted by Crippen LogP contribution is 2.32. The van der Waals surface area contributed by atoms with Gasteiger partial charge in [0, 0.05) is 6.92 Å². The molecular weight excluding hydrogens is 1120 g/mol. The predicted molar refractivity (Wildman–Crippen MR) is 324 cm³/mol. The molecule has 508 valence electrons. The Morgan fingerprint density at radius 3 is 1.26 bits per heavy atom. The van der Waals surface area contributed by atoms with E-state index in [2.05, 4.69) is 24.5 Å². The highest BCUT2D eigenvalue weighted by atomic mass is 16.8. The molecule has 22 heteroatoms. The summed E-state index contributed by atoms with van der Waals surface area (Å²) in [6.07, 6.45) is 11.3. The molecule has 3 fully saturated rings. The second kappa shape index (κ2) is 47.2. The Morgan fingerprint density at radius 1 is 0.442 bits per heavy atom. The second-order valence-corrected chi connectivity index (χ2v) is 25.0. The van der Waals surface area contributed by atoms with Gasteiger partial charge in [-0.1, -0.05) is 232 Å². The molecule has 22 nitrogen and oxygen atoms in total. The van der Waals surface area contributed by atoms with Crippen LogP contribution >= 0.6 is 0 Å². The first-order valence-electron chi connectivity index (χ1n) is 34.0. The van der Waals surface area contributed by atoms with Crippen molar-refractivity contribution in [2.75, 3.05) is 26.4 Å². The van der Waals surface area contributed by atoms with Crippen LogP contribution in [0.5, 0.6) is 0 Å². The summed E-state index contributed by atoms with van der Waals surface area (Å²) in [7, 11) is 0. The quantitative estimate of drug-likeness (QED) is 0.0346. The van der Waals surface area contributed by atoms with Gasteiger partial charge in [0.1, 0.15) is 85.4 Å². The molecular formula is C64H122N2O20. The number of unbranched alkanes of at least 4 members (excludes halogenated alkanes) is 32. The summed E-state index contributed by atoms with van der Waals surface area (Å²) in [5, 5.41) is 136. The van der Waals surface area contributed by atoms with Crippen molar-refractivity contribution in [1.29, 1.82) is 0 Å². The maximum atomic E-state index is 13.8. The van der Waals surface area contributed by atoms with E-state index in [-0.39, 0.29) is 12.8 Å². The van der Waals surface area contributed by atoms with Gasteiger partial charge in [-0.2, -0.15) is 0 Å². The summed E-state index contributed by atoms with van der Waals surface area (Å²) in [4.78, 5) is 25.9. The van der Waals surface area contributed by atoms with Crippen LogP contribution in [0.3, 0.4) is 0 Å². The Morgan fingerprint density at radius 2 is 0.826 bits per heavy atom. The molecule has 19 atom stereocenters. The number of aliphatic hydroxyl groups excluding tert-OH is 12. The van der Waals surface area contributed by atoms with E-state index in [1.54, 1.807) is 0 Å². The van der Waals surface area contributed by atoms with Crippen LogP contribution in [0.2, 0.25) is 0 Å². The van der Waals surface area contributed by atoms with Gasteiger partial charge in [0.05, 0.1) is 38.6 Å². The molecule has 0 aromatic rings. The number of aliphatic hydroxyl groups is 12. The van der Waals surface area contributed by atoms with Gasteiger partial charge in [-0.15, -0.1) is 0 Å². The summed E-state index contributed by atoms with van der Waals surface area (Å²) in [6, 6.07) is -2.82. The maximum Gasteiger partial charge on any atom is 0.249 e. The zero-order valence-corrected chi connectivity index (χ0v) is 52.9. The fourth-order valence-electron chi connectivity index (χ4n) is 11.9. The first-order valence-corrected chi connectivity index (χ1v) is 34.0. The molecule has 86 heavy (non-hydrogen) atoms. The van der Waals surface area contributed by atoms with Crippen molar-refractivity contribution in [3.05, 3.63) is 0 Å². The monoisotopic (exact) mass is 1240 g/mol. The van der Waals surface area contributed by atoms with Gasteiger partial charge in [-0.3, -0.25) is 9.59 Å². The molecule has 0 aliphatic carbocycles. The lowest BCUT2D eigenvalue weighted by atomic mass is 9.96. The molecule has 0 aromatic heterocycles. The molecule has 3 aliphatic heterocycles. The van der Waals surface area contributed by atoms with Crippen molar-refractivity contribution in [3.63, 3.8) is 0 Å². The maximum absolute atomic E-state index is 13.8. The molecule has 3 aliphatic rings. The van der Waals surface area contributed by atoms with Crippen LogP contribution in [0, 0.1) is 0 Å². The Labute approximate surface area is 514 Å². The summed E-state index contributed by atoms with van der Waals surface area (Å²) in [5.74, 6) is -1.47. The molecule has 3 saturated heterocycles. The Kier molecular flexibility index (Phi) is 43.0. The summed E-state index contributed by atoms with van der Waals surface area (Å²) < 4.78 is 35.3. The molecule has 14 N–H and O–H groups in total. The average molecular weight is 1240 g/mol. The number of hydrogen-bond acceptors (Lipinski definition) is 20. The Hall–Kier alpha value is -1.78. The standard InChI is InChI=1S/C64H122N2O20/c1-4-6-8-10-12-14-16-18-20-21-22-23-25-27-29-31-33-35-37-39-47(71)61(80)66-45(52(72)46(70)38-36-34-32-30-28-26-24-19-17-15-13-11-9-7-5-2)42-81-64-60(86-63-59(79)57(77)54(74)49(41-68)84-63)58(78)55(75)50(85-64)43-82-62-51(65-44(3)69)56(76)53(73)48(40-67)83-62/h45-60,62-64,67-68,70-79H,4-43H2,1-3H3,(H,65,69)(H,66,80). The fraction of sp³-hybridized carbons (Fsp3) is 0.969. The van der Waals surface area contributed by atoms with Gasteiger partial charge in [-0.25, -0.2) is 0 Å². The zero-order valence-electron chi connectivity index (χ0n) is 52.9. The van der Waals surface area contributed by atoms with E-state index in [4.69, 9.17) is 28.4 Å². The van der Waals surface area contributed by atoms with Crippen LogP contribution in [-0.2, 0) is 38.0 Å². The van der Waals surface area contributed by atoms with Crippen LogP contribution in [0.1, 0.15) is 252 Å². The van der Waals surface area contributed by atoms with E-state index in [0.29, 0.717) is 12.8 Å². The van der Waals surface area contributed by atoms with Crippen LogP contribution in [0.25, 0.3) is 0 Å². The smallest absolute Gasteiger partial charge is 0.249 e. The van der Waals surface area contributed by atoms with Crippen molar-refractivity contribution in [1.82, 2.24) is 10.6 Å². The second-order valence-electron chi connectivity index (χ2n) is 25.0. The normalized spacial score (nSPS) is 29.4. The van der Waals surface area contributed by atoms with Crippen LogP contribution in [-0.4, -0.2) is 216 Å². The first kappa shape index (κ1) is 78.5. The fourth-order valence-corrected chi connectivity index (χ4v) is 11.9. The number of rotatable bonds is 51. The molecule has 0 radical (unpaired) electrons. The molecule has 2 amide bonds. The van der Waals surface area contributed by atoms with E-state index in [1.807, 2.05) is 0 Å². The number of hydrogen-bond donors (Lipinski definition) is 14. The van der Waals surface area contributed by atoms with Crippen LogP contribution in [0.15, 0.2) is 0 Å². The van der Waals surface area contributed by atoms with Crippen LogP contribution < -0.4 is 10.6 Å².